The van der Waals surface area contributed by atoms with E-state index in [1.54, 1.807) is 18.2 Å². The Morgan fingerprint density at radius 3 is 2.61 bits per heavy atom. The third-order valence-corrected chi connectivity index (χ3v) is 4.19. The van der Waals surface area contributed by atoms with Gasteiger partial charge in [0.05, 0.1) is 24.9 Å². The number of nitrogens with one attached hydrogen (secondary N) is 1. The van der Waals surface area contributed by atoms with Crippen LogP contribution in [0, 0.1) is 5.82 Å². The van der Waals surface area contributed by atoms with Gasteiger partial charge in [-0.05, 0) is 42.0 Å². The number of ether oxygens (including phenoxy) is 3. The Labute approximate surface area is 174 Å². The highest BCUT2D eigenvalue weighted by Crippen LogP contribution is 2.36. The Hall–Kier alpha value is -2.58. The minimum absolute atomic E-state index is 0.0141. The number of methoxy groups -OCH3 is 2. The van der Waals surface area contributed by atoms with Crippen LogP contribution in [0.1, 0.15) is 5.56 Å². The van der Waals surface area contributed by atoms with Crippen molar-refractivity contribution >= 4 is 51.2 Å². The molecule has 0 heterocycles. The molecule has 2 aromatic carbocycles. The molecule has 0 aliphatic carbocycles. The fraction of sp³-hybridized carbons (Fsp3) is 0.158. The molecule has 0 aromatic heterocycles. The summed E-state index contributed by atoms with van der Waals surface area (Å²) in [6, 6.07) is 7.37. The summed E-state index contributed by atoms with van der Waals surface area (Å²) in [5.41, 5.74) is 0.556. The van der Waals surface area contributed by atoms with Crippen LogP contribution in [0.25, 0.3) is 6.08 Å². The molecule has 0 saturated carbocycles. The van der Waals surface area contributed by atoms with E-state index in [9.17, 15) is 14.0 Å². The quantitative estimate of drug-likeness (QED) is 0.476. The average Bonchev–Trinajstić information content (AvgIpc) is 2.66. The maximum atomic E-state index is 13.7. The van der Waals surface area contributed by atoms with Gasteiger partial charge in [0.1, 0.15) is 5.82 Å². The van der Waals surface area contributed by atoms with Crippen LogP contribution in [0.4, 0.5) is 10.1 Å². The summed E-state index contributed by atoms with van der Waals surface area (Å²) in [7, 11) is 2.92. The van der Waals surface area contributed by atoms with E-state index in [1.165, 1.54) is 32.4 Å². The van der Waals surface area contributed by atoms with Crippen molar-refractivity contribution in [3.05, 3.63) is 57.3 Å². The van der Waals surface area contributed by atoms with Gasteiger partial charge in [-0.15, -0.1) is 0 Å². The lowest BCUT2D eigenvalue weighted by atomic mass is 10.2. The molecule has 2 rings (SSSR count). The number of halogens is 3. The molecule has 0 saturated heterocycles. The molecule has 6 nitrogen and oxygen atoms in total. The van der Waals surface area contributed by atoms with Crippen molar-refractivity contribution in [2.45, 2.75) is 0 Å². The smallest absolute Gasteiger partial charge is 0.331 e. The number of hydrogen-bond acceptors (Lipinski definition) is 5. The Kier molecular flexibility index (Phi) is 7.83. The van der Waals surface area contributed by atoms with Crippen molar-refractivity contribution < 1.29 is 28.2 Å². The normalized spacial score (nSPS) is 10.6. The van der Waals surface area contributed by atoms with Gasteiger partial charge >= 0.3 is 5.97 Å². The van der Waals surface area contributed by atoms with Crippen LogP contribution in [0.15, 0.2) is 40.9 Å². The van der Waals surface area contributed by atoms with E-state index in [-0.39, 0.29) is 5.69 Å². The number of carbonyl (C=O) groups is 2. The largest absolute Gasteiger partial charge is 0.493 e. The van der Waals surface area contributed by atoms with Gasteiger partial charge in [-0.3, -0.25) is 4.79 Å². The van der Waals surface area contributed by atoms with Gasteiger partial charge < -0.3 is 19.5 Å². The number of esters is 1. The Morgan fingerprint density at radius 2 is 1.96 bits per heavy atom. The van der Waals surface area contributed by atoms with Gasteiger partial charge in [-0.1, -0.05) is 27.5 Å². The Balaban J connectivity index is 1.93. The van der Waals surface area contributed by atoms with E-state index in [1.807, 2.05) is 0 Å². The maximum absolute atomic E-state index is 13.7. The van der Waals surface area contributed by atoms with Crippen molar-refractivity contribution in [1.82, 2.24) is 0 Å². The van der Waals surface area contributed by atoms with E-state index in [0.717, 1.165) is 6.08 Å². The molecule has 0 spiro atoms. The SMILES string of the molecule is COc1cc(/C=C/C(=O)OCC(=O)Nc2ccc(Br)cc2F)cc(Cl)c1OC. The van der Waals surface area contributed by atoms with Gasteiger partial charge in [0.2, 0.25) is 0 Å². The van der Waals surface area contributed by atoms with Crippen molar-refractivity contribution in [3.63, 3.8) is 0 Å². The predicted octanol–water partition coefficient (Wildman–Crippen LogP) is 4.45. The molecule has 9 heteroatoms. The minimum atomic E-state index is -0.752. The van der Waals surface area contributed by atoms with Crippen LogP contribution in [-0.2, 0) is 14.3 Å². The first-order chi connectivity index (χ1) is 13.3. The summed E-state index contributed by atoms with van der Waals surface area (Å²) in [6.07, 6.45) is 2.58. The maximum Gasteiger partial charge on any atom is 0.331 e. The van der Waals surface area contributed by atoms with E-state index in [4.69, 9.17) is 25.8 Å². The lowest BCUT2D eigenvalue weighted by Gasteiger charge is -2.10. The van der Waals surface area contributed by atoms with Crippen LogP contribution in [0.5, 0.6) is 11.5 Å². The lowest BCUT2D eigenvalue weighted by Crippen LogP contribution is -2.20. The fourth-order valence-corrected chi connectivity index (χ4v) is 2.79. The molecule has 28 heavy (non-hydrogen) atoms. The van der Waals surface area contributed by atoms with Gasteiger partial charge in [0, 0.05) is 10.5 Å². The predicted molar refractivity (Wildman–Crippen MR) is 107 cm³/mol. The molecule has 2 aromatic rings. The Morgan fingerprint density at radius 1 is 1.21 bits per heavy atom. The zero-order valence-electron chi connectivity index (χ0n) is 14.9. The monoisotopic (exact) mass is 471 g/mol. The molecule has 0 unspecified atom stereocenters. The number of amides is 1. The first kappa shape index (κ1) is 21.7. The van der Waals surface area contributed by atoms with Crippen molar-refractivity contribution in [3.8, 4) is 11.5 Å². The van der Waals surface area contributed by atoms with Crippen LogP contribution in [-0.4, -0.2) is 32.7 Å². The summed E-state index contributed by atoms with van der Waals surface area (Å²) < 4.78 is 29.3. The van der Waals surface area contributed by atoms with Crippen molar-refractivity contribution in [1.29, 1.82) is 0 Å². The zero-order chi connectivity index (χ0) is 20.7. The highest BCUT2D eigenvalue weighted by Gasteiger charge is 2.11. The van der Waals surface area contributed by atoms with E-state index >= 15 is 0 Å². The van der Waals surface area contributed by atoms with Crippen LogP contribution >= 0.6 is 27.5 Å². The highest BCUT2D eigenvalue weighted by molar-refractivity contribution is 9.10. The summed E-state index contributed by atoms with van der Waals surface area (Å²) in [6.45, 7) is -0.564. The van der Waals surface area contributed by atoms with Crippen LogP contribution in [0.2, 0.25) is 5.02 Å². The molecule has 0 aliphatic heterocycles. The lowest BCUT2D eigenvalue weighted by molar-refractivity contribution is -0.142. The number of anilines is 1. The molecular formula is C19H16BrClFNO5. The molecule has 0 aliphatic rings. The summed E-state index contributed by atoms with van der Waals surface area (Å²) in [4.78, 5) is 23.6. The van der Waals surface area contributed by atoms with E-state index in [2.05, 4.69) is 21.2 Å². The van der Waals surface area contributed by atoms with Crippen molar-refractivity contribution in [2.24, 2.45) is 0 Å². The minimum Gasteiger partial charge on any atom is -0.493 e. The van der Waals surface area contributed by atoms with Gasteiger partial charge in [-0.2, -0.15) is 0 Å². The molecular weight excluding hydrogens is 457 g/mol. The second-order valence-corrected chi connectivity index (χ2v) is 6.67. The van der Waals surface area contributed by atoms with Gasteiger partial charge in [0.15, 0.2) is 18.1 Å². The highest BCUT2D eigenvalue weighted by atomic mass is 79.9. The topological polar surface area (TPSA) is 73.9 Å². The number of rotatable bonds is 7. The van der Waals surface area contributed by atoms with Crippen LogP contribution in [0.3, 0.4) is 0 Å². The third kappa shape index (κ3) is 5.97. The zero-order valence-corrected chi connectivity index (χ0v) is 17.3. The van der Waals surface area contributed by atoms with Gasteiger partial charge in [0.25, 0.3) is 5.91 Å². The van der Waals surface area contributed by atoms with Crippen molar-refractivity contribution in [2.75, 3.05) is 26.1 Å². The van der Waals surface area contributed by atoms with Gasteiger partial charge in [-0.25, -0.2) is 9.18 Å². The molecule has 148 valence electrons. The van der Waals surface area contributed by atoms with E-state index < -0.39 is 24.3 Å². The van der Waals surface area contributed by atoms with Crippen LogP contribution < -0.4 is 14.8 Å². The second-order valence-electron chi connectivity index (χ2n) is 5.35. The fourth-order valence-electron chi connectivity index (χ4n) is 2.16. The number of benzene rings is 2. The second kappa shape index (κ2) is 10.1. The standard InChI is InChI=1S/C19H16BrClFNO5/c1-26-16-8-11(7-13(21)19(16)27-2)3-6-18(25)28-10-17(24)23-15-5-4-12(20)9-14(15)22/h3-9H,10H2,1-2H3,(H,23,24)/b6-3+. The molecule has 0 atom stereocenters. The summed E-state index contributed by atoms with van der Waals surface area (Å²) in [5.74, 6) is -1.26. The summed E-state index contributed by atoms with van der Waals surface area (Å²) in [5, 5.41) is 2.63. The Bertz CT molecular complexity index is 919. The van der Waals surface area contributed by atoms with E-state index in [0.29, 0.717) is 26.6 Å². The average molecular weight is 473 g/mol. The molecule has 1 amide bonds. The molecule has 0 bridgehead atoms. The molecule has 0 radical (unpaired) electrons. The third-order valence-electron chi connectivity index (χ3n) is 3.42. The first-order valence-corrected chi connectivity index (χ1v) is 9.02. The number of hydrogen-bond donors (Lipinski definition) is 1. The first-order valence-electron chi connectivity index (χ1n) is 7.85. The molecule has 0 fully saturated rings. The summed E-state index contributed by atoms with van der Waals surface area (Å²) >= 11 is 9.21. The molecule has 1 N–H and O–H groups in total. The number of carbonyl (C=O) groups excluding carboxylic acids is 2.